The monoisotopic (exact) mass is 333 g/mol. The van der Waals surface area contributed by atoms with Crippen LogP contribution in [0.1, 0.15) is 31.2 Å². The lowest BCUT2D eigenvalue weighted by Crippen LogP contribution is -2.24. The first-order chi connectivity index (χ1) is 8.95. The molecule has 1 aromatic carbocycles. The molecule has 2 aliphatic carbocycles. The Morgan fingerprint density at radius 3 is 2.16 bits per heavy atom. The molecule has 1 N–H and O–H groups in total. The molecular formula is C14H15BrF3N. The number of alkyl halides is 3. The van der Waals surface area contributed by atoms with Gasteiger partial charge in [-0.25, -0.2) is 0 Å². The van der Waals surface area contributed by atoms with E-state index in [0.29, 0.717) is 28.0 Å². The van der Waals surface area contributed by atoms with Crippen LogP contribution in [-0.4, -0.2) is 6.04 Å². The summed E-state index contributed by atoms with van der Waals surface area (Å²) in [6.45, 7) is 0. The van der Waals surface area contributed by atoms with Crippen molar-refractivity contribution in [2.45, 2.75) is 37.9 Å². The minimum absolute atomic E-state index is 0.347. The van der Waals surface area contributed by atoms with Crippen molar-refractivity contribution in [1.82, 2.24) is 0 Å². The molecule has 1 nitrogen and oxygen atoms in total. The Morgan fingerprint density at radius 1 is 1.11 bits per heavy atom. The molecular weight excluding hydrogens is 319 g/mol. The fraction of sp³-hybridized carbons (Fsp3) is 0.571. The van der Waals surface area contributed by atoms with Gasteiger partial charge >= 0.3 is 6.18 Å². The van der Waals surface area contributed by atoms with Gasteiger partial charge in [0.05, 0.1) is 5.56 Å². The largest absolute Gasteiger partial charge is 0.416 e. The molecule has 2 aliphatic rings. The number of benzene rings is 1. The van der Waals surface area contributed by atoms with E-state index in [4.69, 9.17) is 0 Å². The predicted molar refractivity (Wildman–Crippen MR) is 72.0 cm³/mol. The molecule has 0 unspecified atom stereocenters. The van der Waals surface area contributed by atoms with Gasteiger partial charge in [0.2, 0.25) is 0 Å². The van der Waals surface area contributed by atoms with Crippen LogP contribution in [-0.2, 0) is 6.18 Å². The Kier molecular flexibility index (Phi) is 3.28. The van der Waals surface area contributed by atoms with Gasteiger partial charge in [-0.1, -0.05) is 0 Å². The number of halogens is 4. The van der Waals surface area contributed by atoms with Crippen molar-refractivity contribution in [3.8, 4) is 0 Å². The average Bonchev–Trinajstić information content (AvgIpc) is 3.19. The topological polar surface area (TPSA) is 12.0 Å². The molecule has 3 rings (SSSR count). The van der Waals surface area contributed by atoms with Gasteiger partial charge in [0, 0.05) is 16.2 Å². The second-order valence-corrected chi connectivity index (χ2v) is 6.39. The smallest absolute Gasteiger partial charge is 0.381 e. The zero-order valence-electron chi connectivity index (χ0n) is 10.3. The van der Waals surface area contributed by atoms with Crippen molar-refractivity contribution in [3.63, 3.8) is 0 Å². The summed E-state index contributed by atoms with van der Waals surface area (Å²) in [5.74, 6) is 1.29. The summed E-state index contributed by atoms with van der Waals surface area (Å²) in [6.07, 6.45) is 0.511. The normalized spacial score (nSPS) is 19.8. The third-order valence-electron chi connectivity index (χ3n) is 3.88. The van der Waals surface area contributed by atoms with E-state index in [9.17, 15) is 13.2 Å². The van der Waals surface area contributed by atoms with Gasteiger partial charge in [-0.05, 0) is 71.6 Å². The van der Waals surface area contributed by atoms with E-state index >= 15 is 0 Å². The Labute approximate surface area is 118 Å². The quantitative estimate of drug-likeness (QED) is 0.811. The summed E-state index contributed by atoms with van der Waals surface area (Å²) >= 11 is 3.33. The van der Waals surface area contributed by atoms with E-state index in [1.807, 2.05) is 0 Å². The first-order valence-electron chi connectivity index (χ1n) is 6.58. The number of anilines is 1. The van der Waals surface area contributed by atoms with Crippen LogP contribution in [0.5, 0.6) is 0 Å². The molecule has 0 heterocycles. The van der Waals surface area contributed by atoms with Gasteiger partial charge in [0.1, 0.15) is 0 Å². The summed E-state index contributed by atoms with van der Waals surface area (Å²) in [7, 11) is 0. The molecule has 104 valence electrons. The molecule has 1 aromatic rings. The van der Waals surface area contributed by atoms with Gasteiger partial charge in [0.15, 0.2) is 0 Å². The van der Waals surface area contributed by atoms with Crippen LogP contribution in [0.25, 0.3) is 0 Å². The number of rotatable bonds is 4. The minimum Gasteiger partial charge on any atom is -0.381 e. The first-order valence-corrected chi connectivity index (χ1v) is 7.38. The van der Waals surface area contributed by atoms with E-state index in [0.717, 1.165) is 6.07 Å². The maximum atomic E-state index is 12.7. The van der Waals surface area contributed by atoms with E-state index in [2.05, 4.69) is 21.2 Å². The Morgan fingerprint density at radius 2 is 1.68 bits per heavy atom. The fourth-order valence-corrected chi connectivity index (χ4v) is 2.88. The standard InChI is InChI=1S/C14H15BrF3N/c15-11-6-5-10(14(16,17)18)7-12(11)19-13(8-1-2-8)9-3-4-9/h5-9,13,19H,1-4H2. The lowest BCUT2D eigenvalue weighted by Gasteiger charge is -2.21. The zero-order chi connectivity index (χ0) is 13.6. The van der Waals surface area contributed by atoms with Crippen molar-refractivity contribution in [1.29, 1.82) is 0 Å². The van der Waals surface area contributed by atoms with E-state index < -0.39 is 11.7 Å². The molecule has 0 bridgehead atoms. The molecule has 19 heavy (non-hydrogen) atoms. The van der Waals surface area contributed by atoms with Crippen molar-refractivity contribution < 1.29 is 13.2 Å². The van der Waals surface area contributed by atoms with E-state index in [-0.39, 0.29) is 0 Å². The van der Waals surface area contributed by atoms with Crippen molar-refractivity contribution >= 4 is 21.6 Å². The highest BCUT2D eigenvalue weighted by molar-refractivity contribution is 9.10. The maximum absolute atomic E-state index is 12.7. The molecule has 5 heteroatoms. The molecule has 2 saturated carbocycles. The SMILES string of the molecule is FC(F)(F)c1ccc(Br)c(NC(C2CC2)C2CC2)c1. The van der Waals surface area contributed by atoms with Crippen LogP contribution in [0, 0.1) is 11.8 Å². The van der Waals surface area contributed by atoms with Crippen LogP contribution in [0.4, 0.5) is 18.9 Å². The molecule has 2 fully saturated rings. The third kappa shape index (κ3) is 3.07. The van der Waals surface area contributed by atoms with Crippen LogP contribution in [0.3, 0.4) is 0 Å². The van der Waals surface area contributed by atoms with Gasteiger partial charge < -0.3 is 5.32 Å². The number of nitrogens with one attached hydrogen (secondary N) is 1. The Balaban J connectivity index is 1.82. The maximum Gasteiger partial charge on any atom is 0.416 e. The van der Waals surface area contributed by atoms with Crippen LogP contribution < -0.4 is 5.32 Å². The summed E-state index contributed by atoms with van der Waals surface area (Å²) in [4.78, 5) is 0. The predicted octanol–water partition coefficient (Wildman–Crippen LogP) is 5.07. The summed E-state index contributed by atoms with van der Waals surface area (Å²) < 4.78 is 38.9. The lowest BCUT2D eigenvalue weighted by atomic mass is 10.1. The van der Waals surface area contributed by atoms with Crippen molar-refractivity contribution in [3.05, 3.63) is 28.2 Å². The van der Waals surface area contributed by atoms with E-state index in [1.54, 1.807) is 0 Å². The Hall–Kier alpha value is -0.710. The summed E-state index contributed by atoms with van der Waals surface area (Å²) in [5.41, 5.74) is -0.0258. The molecule has 0 aliphatic heterocycles. The highest BCUT2D eigenvalue weighted by Gasteiger charge is 2.41. The Bertz CT molecular complexity index is 466. The highest BCUT2D eigenvalue weighted by Crippen LogP contribution is 2.46. The van der Waals surface area contributed by atoms with Crippen LogP contribution >= 0.6 is 15.9 Å². The van der Waals surface area contributed by atoms with Gasteiger partial charge in [-0.15, -0.1) is 0 Å². The highest BCUT2D eigenvalue weighted by atomic mass is 79.9. The molecule has 0 aromatic heterocycles. The van der Waals surface area contributed by atoms with Gasteiger partial charge in [-0.2, -0.15) is 13.2 Å². The first kappa shape index (κ1) is 13.3. The second kappa shape index (κ2) is 4.69. The third-order valence-corrected chi connectivity index (χ3v) is 4.57. The molecule has 0 spiro atoms. The summed E-state index contributed by atoms with van der Waals surface area (Å²) in [5, 5.41) is 3.34. The summed E-state index contributed by atoms with van der Waals surface area (Å²) in [6, 6.07) is 4.14. The zero-order valence-corrected chi connectivity index (χ0v) is 11.9. The van der Waals surface area contributed by atoms with Crippen molar-refractivity contribution in [2.75, 3.05) is 5.32 Å². The molecule has 0 atom stereocenters. The van der Waals surface area contributed by atoms with Crippen LogP contribution in [0.15, 0.2) is 22.7 Å². The lowest BCUT2D eigenvalue weighted by molar-refractivity contribution is -0.137. The molecule has 0 radical (unpaired) electrons. The van der Waals surface area contributed by atoms with Gasteiger partial charge in [-0.3, -0.25) is 0 Å². The van der Waals surface area contributed by atoms with Crippen molar-refractivity contribution in [2.24, 2.45) is 11.8 Å². The number of hydrogen-bond donors (Lipinski definition) is 1. The molecule has 0 amide bonds. The van der Waals surface area contributed by atoms with Crippen LogP contribution in [0.2, 0.25) is 0 Å². The average molecular weight is 334 g/mol. The van der Waals surface area contributed by atoms with Gasteiger partial charge in [0.25, 0.3) is 0 Å². The number of hydrogen-bond acceptors (Lipinski definition) is 1. The molecule has 0 saturated heterocycles. The fourth-order valence-electron chi connectivity index (χ4n) is 2.52. The minimum atomic E-state index is -4.29. The second-order valence-electron chi connectivity index (χ2n) is 5.54. The van der Waals surface area contributed by atoms with E-state index in [1.165, 1.54) is 37.8 Å².